The third kappa shape index (κ3) is 2.43. The van der Waals surface area contributed by atoms with Gasteiger partial charge in [0.15, 0.2) is 5.76 Å². The molecule has 1 aromatic heterocycles. The Balaban J connectivity index is 2.03. The van der Waals surface area contributed by atoms with E-state index in [1.807, 2.05) is 0 Å². The third-order valence-electron chi connectivity index (χ3n) is 2.82. The van der Waals surface area contributed by atoms with Crippen molar-refractivity contribution >= 4 is 5.97 Å². The molecule has 0 bridgehead atoms. The number of rotatable bonds is 3. The highest BCUT2D eigenvalue weighted by Crippen LogP contribution is 2.13. The van der Waals surface area contributed by atoms with E-state index < -0.39 is 5.97 Å². The molecule has 0 atom stereocenters. The predicted molar refractivity (Wildman–Crippen MR) is 55.6 cm³/mol. The lowest BCUT2D eigenvalue weighted by Gasteiger charge is -2.22. The Morgan fingerprint density at radius 1 is 1.50 bits per heavy atom. The molecule has 2 N–H and O–H groups in total. The molecular weight excluding hydrogens is 210 g/mol. The molecule has 1 aromatic rings. The van der Waals surface area contributed by atoms with Crippen molar-refractivity contribution in [2.75, 3.05) is 26.3 Å². The number of morpholine rings is 1. The Bertz CT molecular complexity index is 379. The van der Waals surface area contributed by atoms with E-state index in [0.717, 1.165) is 38.6 Å². The van der Waals surface area contributed by atoms with Gasteiger partial charge in [0, 0.05) is 6.07 Å². The van der Waals surface area contributed by atoms with Crippen LogP contribution in [0, 0.1) is 6.92 Å². The van der Waals surface area contributed by atoms with Gasteiger partial charge in [-0.1, -0.05) is 0 Å². The number of quaternary nitrogens is 1. The fraction of sp³-hybridized carbons (Fsp3) is 0.545. The second-order valence-electron chi connectivity index (χ2n) is 4.03. The maximum atomic E-state index is 10.8. The van der Waals surface area contributed by atoms with Gasteiger partial charge in [0.1, 0.15) is 31.0 Å². The summed E-state index contributed by atoms with van der Waals surface area (Å²) in [6.07, 6.45) is 0. The third-order valence-corrected chi connectivity index (χ3v) is 2.82. The lowest BCUT2D eigenvalue weighted by Crippen LogP contribution is -3.12. The smallest absolute Gasteiger partial charge is 0.339 e. The SMILES string of the molecule is Cc1oc(C[NH+]2CCOCC2)cc1C(=O)O. The first kappa shape index (κ1) is 11.2. The van der Waals surface area contributed by atoms with Crippen molar-refractivity contribution in [2.45, 2.75) is 13.5 Å². The first-order chi connectivity index (χ1) is 7.66. The zero-order valence-electron chi connectivity index (χ0n) is 9.28. The lowest BCUT2D eigenvalue weighted by molar-refractivity contribution is -0.922. The predicted octanol–water partition coefficient (Wildman–Crippen LogP) is -0.299. The second-order valence-corrected chi connectivity index (χ2v) is 4.03. The number of carbonyl (C=O) groups is 1. The fourth-order valence-corrected chi connectivity index (χ4v) is 1.93. The molecule has 1 fully saturated rings. The molecule has 0 amide bonds. The monoisotopic (exact) mass is 226 g/mol. The molecule has 1 aliphatic heterocycles. The summed E-state index contributed by atoms with van der Waals surface area (Å²) in [5.41, 5.74) is 0.266. The molecule has 5 heteroatoms. The highest BCUT2D eigenvalue weighted by molar-refractivity contribution is 5.88. The minimum Gasteiger partial charge on any atom is -0.478 e. The van der Waals surface area contributed by atoms with Gasteiger partial charge in [-0.05, 0) is 6.92 Å². The average molecular weight is 226 g/mol. The Labute approximate surface area is 93.6 Å². The molecule has 0 radical (unpaired) electrons. The number of furan rings is 1. The van der Waals surface area contributed by atoms with Crippen LogP contribution in [0.5, 0.6) is 0 Å². The highest BCUT2D eigenvalue weighted by Gasteiger charge is 2.19. The van der Waals surface area contributed by atoms with Crippen LogP contribution in [-0.4, -0.2) is 37.4 Å². The largest absolute Gasteiger partial charge is 0.478 e. The van der Waals surface area contributed by atoms with Crippen LogP contribution in [-0.2, 0) is 11.3 Å². The van der Waals surface area contributed by atoms with Crippen LogP contribution in [0.3, 0.4) is 0 Å². The number of aromatic carboxylic acids is 1. The molecule has 0 spiro atoms. The van der Waals surface area contributed by atoms with Gasteiger partial charge in [0.25, 0.3) is 0 Å². The number of hydrogen-bond acceptors (Lipinski definition) is 3. The van der Waals surface area contributed by atoms with Crippen molar-refractivity contribution in [3.05, 3.63) is 23.2 Å². The van der Waals surface area contributed by atoms with Crippen molar-refractivity contribution in [3.63, 3.8) is 0 Å². The molecular formula is C11H16NO4+. The first-order valence-electron chi connectivity index (χ1n) is 5.40. The molecule has 2 rings (SSSR count). The van der Waals surface area contributed by atoms with Crippen LogP contribution in [0.1, 0.15) is 21.9 Å². The summed E-state index contributed by atoms with van der Waals surface area (Å²) in [6.45, 7) is 5.84. The number of carboxylic acid groups (broad SMARTS) is 1. The van der Waals surface area contributed by atoms with Gasteiger partial charge < -0.3 is 19.2 Å². The lowest BCUT2D eigenvalue weighted by atomic mass is 10.2. The van der Waals surface area contributed by atoms with E-state index >= 15 is 0 Å². The molecule has 0 unspecified atom stereocenters. The van der Waals surface area contributed by atoms with Gasteiger partial charge in [-0.15, -0.1) is 0 Å². The molecule has 88 valence electrons. The number of ether oxygens (including phenoxy) is 1. The van der Waals surface area contributed by atoms with Gasteiger partial charge >= 0.3 is 5.97 Å². The van der Waals surface area contributed by atoms with Crippen molar-refractivity contribution in [1.29, 1.82) is 0 Å². The van der Waals surface area contributed by atoms with Gasteiger partial charge in [-0.2, -0.15) is 0 Å². The molecule has 16 heavy (non-hydrogen) atoms. The van der Waals surface area contributed by atoms with Crippen molar-refractivity contribution in [1.82, 2.24) is 0 Å². The van der Waals surface area contributed by atoms with E-state index in [9.17, 15) is 4.79 Å². The molecule has 1 aliphatic rings. The first-order valence-corrected chi connectivity index (χ1v) is 5.40. The van der Waals surface area contributed by atoms with Gasteiger partial charge in [-0.3, -0.25) is 0 Å². The van der Waals surface area contributed by atoms with E-state index in [1.165, 1.54) is 4.90 Å². The zero-order valence-corrected chi connectivity index (χ0v) is 9.28. The number of aryl methyl sites for hydroxylation is 1. The van der Waals surface area contributed by atoms with Crippen LogP contribution in [0.4, 0.5) is 0 Å². The highest BCUT2D eigenvalue weighted by atomic mass is 16.5. The molecule has 5 nitrogen and oxygen atoms in total. The van der Waals surface area contributed by atoms with E-state index in [1.54, 1.807) is 13.0 Å². The minimum absolute atomic E-state index is 0.266. The Morgan fingerprint density at radius 2 is 2.19 bits per heavy atom. The van der Waals surface area contributed by atoms with Crippen LogP contribution in [0.2, 0.25) is 0 Å². The maximum absolute atomic E-state index is 10.8. The summed E-state index contributed by atoms with van der Waals surface area (Å²) in [5.74, 6) is 0.298. The zero-order chi connectivity index (χ0) is 11.5. The average Bonchev–Trinajstić information content (AvgIpc) is 2.61. The summed E-state index contributed by atoms with van der Waals surface area (Å²) < 4.78 is 10.7. The van der Waals surface area contributed by atoms with Crippen LogP contribution < -0.4 is 4.90 Å². The minimum atomic E-state index is -0.926. The quantitative estimate of drug-likeness (QED) is 0.743. The summed E-state index contributed by atoms with van der Waals surface area (Å²) in [4.78, 5) is 12.2. The Morgan fingerprint density at radius 3 is 2.75 bits per heavy atom. The molecule has 0 aliphatic carbocycles. The van der Waals surface area contributed by atoms with Crippen LogP contribution in [0.15, 0.2) is 10.5 Å². The van der Waals surface area contributed by atoms with E-state index in [0.29, 0.717) is 5.76 Å². The van der Waals surface area contributed by atoms with Crippen LogP contribution >= 0.6 is 0 Å². The maximum Gasteiger partial charge on any atom is 0.339 e. The molecule has 0 aromatic carbocycles. The number of hydrogen-bond donors (Lipinski definition) is 2. The van der Waals surface area contributed by atoms with Crippen molar-refractivity contribution < 1.29 is 24.0 Å². The molecule has 1 saturated heterocycles. The molecule has 0 saturated carbocycles. The Hall–Kier alpha value is -1.33. The van der Waals surface area contributed by atoms with E-state index in [-0.39, 0.29) is 5.56 Å². The topological polar surface area (TPSA) is 64.1 Å². The van der Waals surface area contributed by atoms with Crippen molar-refractivity contribution in [3.8, 4) is 0 Å². The number of nitrogens with one attached hydrogen (secondary N) is 1. The summed E-state index contributed by atoms with van der Waals surface area (Å²) in [5, 5.41) is 8.90. The second kappa shape index (κ2) is 4.67. The molecule has 2 heterocycles. The fourth-order valence-electron chi connectivity index (χ4n) is 1.93. The normalized spacial score (nSPS) is 17.6. The van der Waals surface area contributed by atoms with Crippen molar-refractivity contribution in [2.24, 2.45) is 0 Å². The van der Waals surface area contributed by atoms with Crippen LogP contribution in [0.25, 0.3) is 0 Å². The van der Waals surface area contributed by atoms with Gasteiger partial charge in [0.2, 0.25) is 0 Å². The summed E-state index contributed by atoms with van der Waals surface area (Å²) in [7, 11) is 0. The summed E-state index contributed by atoms with van der Waals surface area (Å²) >= 11 is 0. The van der Waals surface area contributed by atoms with E-state index in [4.69, 9.17) is 14.3 Å². The van der Waals surface area contributed by atoms with Gasteiger partial charge in [-0.25, -0.2) is 4.79 Å². The summed E-state index contributed by atoms with van der Waals surface area (Å²) in [6, 6.07) is 1.63. The van der Waals surface area contributed by atoms with Gasteiger partial charge in [0.05, 0.1) is 13.2 Å². The van der Waals surface area contributed by atoms with E-state index in [2.05, 4.69) is 0 Å². The standard InChI is InChI=1S/C11H15NO4/c1-8-10(11(13)14)6-9(16-8)7-12-2-4-15-5-3-12/h6H,2-5,7H2,1H3,(H,13,14)/p+1. The number of carboxylic acids is 1. The Kier molecular flexibility index (Phi) is 3.26.